The lowest BCUT2D eigenvalue weighted by Gasteiger charge is -2.29. The van der Waals surface area contributed by atoms with Gasteiger partial charge in [-0.05, 0) is 37.1 Å². The predicted octanol–water partition coefficient (Wildman–Crippen LogP) is 2.46. The highest BCUT2D eigenvalue weighted by molar-refractivity contribution is 5.82. The standard InChI is InChI=1S/C14H20FNO2/c1-10(2)9-16-14(3,13(17)18-4)11-6-5-7-12(15)8-11/h5-8,10,16H,9H2,1-4H3. The summed E-state index contributed by atoms with van der Waals surface area (Å²) in [6, 6.07) is 6.00. The summed E-state index contributed by atoms with van der Waals surface area (Å²) < 4.78 is 18.1. The van der Waals surface area contributed by atoms with E-state index in [0.717, 1.165) is 0 Å². The van der Waals surface area contributed by atoms with E-state index in [1.165, 1.54) is 19.2 Å². The molecule has 0 spiro atoms. The minimum Gasteiger partial charge on any atom is -0.467 e. The molecule has 0 fully saturated rings. The molecule has 0 aromatic heterocycles. The van der Waals surface area contributed by atoms with E-state index in [0.29, 0.717) is 18.0 Å². The molecule has 1 aromatic rings. The Morgan fingerprint density at radius 3 is 2.67 bits per heavy atom. The summed E-state index contributed by atoms with van der Waals surface area (Å²) in [6.45, 7) is 6.42. The van der Waals surface area contributed by atoms with Gasteiger partial charge in [-0.3, -0.25) is 5.32 Å². The SMILES string of the molecule is COC(=O)C(C)(NCC(C)C)c1cccc(F)c1. The van der Waals surface area contributed by atoms with Gasteiger partial charge in [0.2, 0.25) is 0 Å². The van der Waals surface area contributed by atoms with E-state index in [9.17, 15) is 9.18 Å². The van der Waals surface area contributed by atoms with Gasteiger partial charge in [-0.1, -0.05) is 26.0 Å². The van der Waals surface area contributed by atoms with Gasteiger partial charge in [-0.15, -0.1) is 0 Å². The number of hydrogen-bond acceptors (Lipinski definition) is 3. The minimum absolute atomic E-state index is 0.367. The van der Waals surface area contributed by atoms with Crippen molar-refractivity contribution in [2.45, 2.75) is 26.3 Å². The van der Waals surface area contributed by atoms with Gasteiger partial charge in [0.1, 0.15) is 11.4 Å². The number of hydrogen-bond donors (Lipinski definition) is 1. The maximum absolute atomic E-state index is 13.3. The van der Waals surface area contributed by atoms with Gasteiger partial charge in [0.15, 0.2) is 0 Å². The Balaban J connectivity index is 3.07. The second kappa shape index (κ2) is 5.96. The summed E-state index contributed by atoms with van der Waals surface area (Å²) in [4.78, 5) is 12.0. The molecule has 0 aliphatic carbocycles. The van der Waals surface area contributed by atoms with Crippen molar-refractivity contribution in [2.24, 2.45) is 5.92 Å². The van der Waals surface area contributed by atoms with E-state index < -0.39 is 11.5 Å². The number of carbonyl (C=O) groups excluding carboxylic acids is 1. The molecule has 0 aliphatic heterocycles. The number of carbonyl (C=O) groups is 1. The molecule has 3 nitrogen and oxygen atoms in total. The third-order valence-corrected chi connectivity index (χ3v) is 2.86. The fraction of sp³-hybridized carbons (Fsp3) is 0.500. The molecule has 0 radical (unpaired) electrons. The van der Waals surface area contributed by atoms with Crippen LogP contribution in [0.1, 0.15) is 26.3 Å². The van der Waals surface area contributed by atoms with Crippen molar-refractivity contribution in [1.29, 1.82) is 0 Å². The Morgan fingerprint density at radius 1 is 1.50 bits per heavy atom. The number of rotatable bonds is 5. The van der Waals surface area contributed by atoms with Crippen LogP contribution in [0.4, 0.5) is 4.39 Å². The number of benzene rings is 1. The summed E-state index contributed by atoms with van der Waals surface area (Å²) in [5, 5.41) is 3.15. The van der Waals surface area contributed by atoms with E-state index in [4.69, 9.17) is 4.74 Å². The molecule has 100 valence electrons. The summed E-state index contributed by atoms with van der Waals surface area (Å²) >= 11 is 0. The third kappa shape index (κ3) is 3.29. The number of ether oxygens (including phenoxy) is 1. The van der Waals surface area contributed by atoms with Crippen LogP contribution in [0.3, 0.4) is 0 Å². The first-order valence-electron chi connectivity index (χ1n) is 5.99. The summed E-state index contributed by atoms with van der Waals surface area (Å²) in [6.07, 6.45) is 0. The van der Waals surface area contributed by atoms with Crippen LogP contribution in [0.2, 0.25) is 0 Å². The molecule has 0 amide bonds. The summed E-state index contributed by atoms with van der Waals surface area (Å²) in [5.41, 5.74) is -0.462. The van der Waals surface area contributed by atoms with Gasteiger partial charge in [-0.2, -0.15) is 0 Å². The second-order valence-electron chi connectivity index (χ2n) is 4.90. The Hall–Kier alpha value is -1.42. The Labute approximate surface area is 107 Å². The zero-order chi connectivity index (χ0) is 13.8. The van der Waals surface area contributed by atoms with Crippen LogP contribution in [0.25, 0.3) is 0 Å². The normalized spacial score (nSPS) is 14.3. The van der Waals surface area contributed by atoms with E-state index in [1.54, 1.807) is 19.1 Å². The van der Waals surface area contributed by atoms with Crippen molar-refractivity contribution in [1.82, 2.24) is 5.32 Å². The van der Waals surface area contributed by atoms with Crippen LogP contribution < -0.4 is 5.32 Å². The maximum Gasteiger partial charge on any atom is 0.330 e. The second-order valence-corrected chi connectivity index (χ2v) is 4.90. The molecule has 1 N–H and O–H groups in total. The highest BCUT2D eigenvalue weighted by Gasteiger charge is 2.36. The fourth-order valence-corrected chi connectivity index (χ4v) is 1.70. The lowest BCUT2D eigenvalue weighted by atomic mass is 9.91. The molecule has 0 saturated carbocycles. The fourth-order valence-electron chi connectivity index (χ4n) is 1.70. The molecule has 1 atom stereocenters. The Morgan fingerprint density at radius 2 is 2.17 bits per heavy atom. The smallest absolute Gasteiger partial charge is 0.330 e. The highest BCUT2D eigenvalue weighted by Crippen LogP contribution is 2.23. The first kappa shape index (κ1) is 14.6. The first-order valence-corrected chi connectivity index (χ1v) is 5.99. The number of methoxy groups -OCH3 is 1. The zero-order valence-corrected chi connectivity index (χ0v) is 11.3. The van der Waals surface area contributed by atoms with Crippen LogP contribution in [0, 0.1) is 11.7 Å². The number of esters is 1. The van der Waals surface area contributed by atoms with Crippen molar-refractivity contribution < 1.29 is 13.9 Å². The molecule has 0 bridgehead atoms. The van der Waals surface area contributed by atoms with Gasteiger partial charge >= 0.3 is 5.97 Å². The van der Waals surface area contributed by atoms with Crippen molar-refractivity contribution in [3.05, 3.63) is 35.6 Å². The highest BCUT2D eigenvalue weighted by atomic mass is 19.1. The van der Waals surface area contributed by atoms with Gasteiger partial charge in [0, 0.05) is 0 Å². The zero-order valence-electron chi connectivity index (χ0n) is 11.3. The van der Waals surface area contributed by atoms with E-state index in [2.05, 4.69) is 5.32 Å². The average Bonchev–Trinajstić information content (AvgIpc) is 2.34. The molecule has 0 aliphatic rings. The molecular weight excluding hydrogens is 233 g/mol. The average molecular weight is 253 g/mol. The molecule has 1 aromatic carbocycles. The van der Waals surface area contributed by atoms with E-state index in [1.807, 2.05) is 13.8 Å². The van der Waals surface area contributed by atoms with Crippen LogP contribution >= 0.6 is 0 Å². The monoisotopic (exact) mass is 253 g/mol. The van der Waals surface area contributed by atoms with Crippen LogP contribution in [-0.4, -0.2) is 19.6 Å². The van der Waals surface area contributed by atoms with E-state index >= 15 is 0 Å². The van der Waals surface area contributed by atoms with Gasteiger partial charge < -0.3 is 4.74 Å². The van der Waals surface area contributed by atoms with Crippen molar-refractivity contribution in [2.75, 3.05) is 13.7 Å². The van der Waals surface area contributed by atoms with Crippen molar-refractivity contribution in [3.8, 4) is 0 Å². The van der Waals surface area contributed by atoms with Crippen molar-refractivity contribution >= 4 is 5.97 Å². The van der Waals surface area contributed by atoms with Gasteiger partial charge in [0.05, 0.1) is 7.11 Å². The molecule has 0 heterocycles. The van der Waals surface area contributed by atoms with Gasteiger partial charge in [-0.25, -0.2) is 9.18 Å². The molecule has 1 rings (SSSR count). The molecular formula is C14H20FNO2. The molecule has 0 saturated heterocycles. The summed E-state index contributed by atoms with van der Waals surface area (Å²) in [7, 11) is 1.33. The van der Waals surface area contributed by atoms with Crippen LogP contribution in [-0.2, 0) is 15.1 Å². The predicted molar refractivity (Wildman–Crippen MR) is 68.6 cm³/mol. The maximum atomic E-state index is 13.3. The number of nitrogens with one attached hydrogen (secondary N) is 1. The van der Waals surface area contributed by atoms with Gasteiger partial charge in [0.25, 0.3) is 0 Å². The number of halogens is 1. The largest absolute Gasteiger partial charge is 0.467 e. The van der Waals surface area contributed by atoms with E-state index in [-0.39, 0.29) is 5.82 Å². The topological polar surface area (TPSA) is 38.3 Å². The van der Waals surface area contributed by atoms with Crippen LogP contribution in [0.15, 0.2) is 24.3 Å². The molecule has 18 heavy (non-hydrogen) atoms. The third-order valence-electron chi connectivity index (χ3n) is 2.86. The first-order chi connectivity index (χ1) is 8.40. The minimum atomic E-state index is -1.03. The Bertz CT molecular complexity index is 420. The molecule has 1 unspecified atom stereocenters. The van der Waals surface area contributed by atoms with Crippen LogP contribution in [0.5, 0.6) is 0 Å². The quantitative estimate of drug-likeness (QED) is 0.819. The lowest BCUT2D eigenvalue weighted by molar-refractivity contribution is -0.148. The van der Waals surface area contributed by atoms with Crippen molar-refractivity contribution in [3.63, 3.8) is 0 Å². The summed E-state index contributed by atoms with van der Waals surface area (Å²) in [5.74, 6) is -0.412. The lowest BCUT2D eigenvalue weighted by Crippen LogP contribution is -2.48. The molecule has 4 heteroatoms. The Kier molecular flexibility index (Phi) is 4.84.